The first-order valence-electron chi connectivity index (χ1n) is 11.3. The fourth-order valence-electron chi connectivity index (χ4n) is 4.34. The van der Waals surface area contributed by atoms with Crippen molar-refractivity contribution in [2.45, 2.75) is 34.1 Å². The molecule has 1 N–H and O–H groups in total. The maximum Gasteiger partial charge on any atom is 0.261 e. The van der Waals surface area contributed by atoms with Crippen LogP contribution in [0.3, 0.4) is 0 Å². The molecule has 0 spiro atoms. The molecule has 172 valence electrons. The van der Waals surface area contributed by atoms with Crippen molar-refractivity contribution in [2.24, 2.45) is 0 Å². The van der Waals surface area contributed by atoms with Gasteiger partial charge in [-0.05, 0) is 68.1 Å². The van der Waals surface area contributed by atoms with Gasteiger partial charge in [0, 0.05) is 28.2 Å². The first-order valence-corrected chi connectivity index (χ1v) is 11.7. The van der Waals surface area contributed by atoms with Crippen LogP contribution in [-0.2, 0) is 6.42 Å². The molecule has 4 aromatic rings. The number of hydrogen-bond acceptors (Lipinski definition) is 2. The predicted octanol–water partition coefficient (Wildman–Crippen LogP) is 6.90. The second-order valence-electron chi connectivity index (χ2n) is 8.48. The smallest absolute Gasteiger partial charge is 0.261 e. The highest BCUT2D eigenvalue weighted by Gasteiger charge is 2.24. The standard InChI is InChI=1S/C29H27ClN2O2/c1-5-21-11-7-10-19(3)27(21)31-29(34)26-25(33)16-20(4)32(24-14-8-13-23(30)17-24)28(26)22-12-6-9-18(2)15-22/h6-17H,5H2,1-4H3,(H,31,34). The SMILES string of the molecule is CCc1cccc(C)c1NC(=O)c1c(-c2cccc(C)c2)n(-c2cccc(Cl)c2)c(C)cc1=O. The summed E-state index contributed by atoms with van der Waals surface area (Å²) in [5.74, 6) is -0.429. The molecule has 5 heteroatoms. The summed E-state index contributed by atoms with van der Waals surface area (Å²) in [7, 11) is 0. The number of amides is 1. The predicted molar refractivity (Wildman–Crippen MR) is 140 cm³/mol. The van der Waals surface area contributed by atoms with Gasteiger partial charge >= 0.3 is 0 Å². The van der Waals surface area contributed by atoms with Gasteiger partial charge in [-0.25, -0.2) is 0 Å². The Morgan fingerprint density at radius 3 is 2.38 bits per heavy atom. The Hall–Kier alpha value is -3.63. The molecule has 3 aromatic carbocycles. The lowest BCUT2D eigenvalue weighted by atomic mass is 10.00. The third-order valence-corrected chi connectivity index (χ3v) is 6.20. The number of para-hydroxylation sites is 1. The Morgan fingerprint density at radius 2 is 1.68 bits per heavy atom. The van der Waals surface area contributed by atoms with E-state index in [1.807, 2.05) is 92.9 Å². The number of carbonyl (C=O) groups excluding carboxylic acids is 1. The Morgan fingerprint density at radius 1 is 0.941 bits per heavy atom. The molecule has 0 atom stereocenters. The van der Waals surface area contributed by atoms with Gasteiger partial charge in [-0.2, -0.15) is 0 Å². The van der Waals surface area contributed by atoms with Crippen molar-refractivity contribution >= 4 is 23.2 Å². The topological polar surface area (TPSA) is 51.1 Å². The molecule has 0 unspecified atom stereocenters. The normalized spacial score (nSPS) is 10.9. The van der Waals surface area contributed by atoms with Crippen LogP contribution in [0.4, 0.5) is 5.69 Å². The molecule has 0 saturated heterocycles. The number of aromatic nitrogens is 1. The number of carbonyl (C=O) groups is 1. The molecule has 4 rings (SSSR count). The minimum absolute atomic E-state index is 0.0986. The number of aryl methyl sites for hydroxylation is 4. The van der Waals surface area contributed by atoms with E-state index >= 15 is 0 Å². The van der Waals surface area contributed by atoms with Crippen LogP contribution in [0, 0.1) is 20.8 Å². The summed E-state index contributed by atoms with van der Waals surface area (Å²) in [5, 5.41) is 3.62. The highest BCUT2D eigenvalue weighted by molar-refractivity contribution is 6.30. The zero-order valence-corrected chi connectivity index (χ0v) is 20.5. The van der Waals surface area contributed by atoms with E-state index in [-0.39, 0.29) is 11.0 Å². The number of hydrogen-bond donors (Lipinski definition) is 1. The van der Waals surface area contributed by atoms with Crippen LogP contribution in [0.2, 0.25) is 5.02 Å². The van der Waals surface area contributed by atoms with Crippen LogP contribution in [0.5, 0.6) is 0 Å². The van der Waals surface area contributed by atoms with E-state index in [2.05, 4.69) is 5.32 Å². The number of rotatable bonds is 5. The molecule has 0 aliphatic rings. The van der Waals surface area contributed by atoms with E-state index in [1.54, 1.807) is 6.07 Å². The lowest BCUT2D eigenvalue weighted by Crippen LogP contribution is -2.27. The summed E-state index contributed by atoms with van der Waals surface area (Å²) in [5.41, 5.74) is 6.34. The molecule has 1 heterocycles. The van der Waals surface area contributed by atoms with Crippen molar-refractivity contribution in [1.29, 1.82) is 0 Å². The Kier molecular flexibility index (Phi) is 6.71. The summed E-state index contributed by atoms with van der Waals surface area (Å²) in [6, 6.07) is 22.6. The summed E-state index contributed by atoms with van der Waals surface area (Å²) in [4.78, 5) is 27.1. The third kappa shape index (κ3) is 4.55. The number of nitrogens with one attached hydrogen (secondary N) is 1. The van der Waals surface area contributed by atoms with E-state index in [1.165, 1.54) is 6.07 Å². The summed E-state index contributed by atoms with van der Waals surface area (Å²) in [6.45, 7) is 7.85. The van der Waals surface area contributed by atoms with Gasteiger partial charge < -0.3 is 9.88 Å². The van der Waals surface area contributed by atoms with Gasteiger partial charge in [-0.3, -0.25) is 9.59 Å². The minimum atomic E-state index is -0.429. The highest BCUT2D eigenvalue weighted by Crippen LogP contribution is 2.30. The fourth-order valence-corrected chi connectivity index (χ4v) is 4.53. The summed E-state index contributed by atoms with van der Waals surface area (Å²) >= 11 is 6.31. The molecule has 1 aromatic heterocycles. The highest BCUT2D eigenvalue weighted by atomic mass is 35.5. The van der Waals surface area contributed by atoms with E-state index in [9.17, 15) is 9.59 Å². The molecule has 0 aliphatic carbocycles. The van der Waals surface area contributed by atoms with Crippen molar-refractivity contribution in [3.05, 3.63) is 116 Å². The Labute approximate surface area is 204 Å². The largest absolute Gasteiger partial charge is 0.321 e. The maximum atomic E-state index is 13.7. The van der Waals surface area contributed by atoms with E-state index in [0.29, 0.717) is 16.4 Å². The van der Waals surface area contributed by atoms with Gasteiger partial charge in [0.1, 0.15) is 5.56 Å². The average molecular weight is 471 g/mol. The lowest BCUT2D eigenvalue weighted by molar-refractivity contribution is 0.102. The quantitative estimate of drug-likeness (QED) is 0.345. The molecule has 0 saturated carbocycles. The second kappa shape index (κ2) is 9.70. The van der Waals surface area contributed by atoms with E-state index in [4.69, 9.17) is 11.6 Å². The molecule has 4 nitrogen and oxygen atoms in total. The van der Waals surface area contributed by atoms with Crippen LogP contribution in [-0.4, -0.2) is 10.5 Å². The van der Waals surface area contributed by atoms with Gasteiger partial charge in [0.2, 0.25) is 0 Å². The molecule has 0 fully saturated rings. The molecule has 1 amide bonds. The summed E-state index contributed by atoms with van der Waals surface area (Å²) in [6.07, 6.45) is 0.767. The number of nitrogens with zero attached hydrogens (tertiary/aromatic N) is 1. The van der Waals surface area contributed by atoms with Gasteiger partial charge in [-0.1, -0.05) is 66.6 Å². The van der Waals surface area contributed by atoms with Crippen LogP contribution in [0.25, 0.3) is 16.9 Å². The van der Waals surface area contributed by atoms with E-state index < -0.39 is 5.91 Å². The zero-order chi connectivity index (χ0) is 24.4. The number of halogens is 1. The first-order chi connectivity index (χ1) is 16.3. The minimum Gasteiger partial charge on any atom is -0.321 e. The van der Waals surface area contributed by atoms with Crippen molar-refractivity contribution in [3.8, 4) is 16.9 Å². The maximum absolute atomic E-state index is 13.7. The summed E-state index contributed by atoms with van der Waals surface area (Å²) < 4.78 is 1.93. The number of anilines is 1. The molecular weight excluding hydrogens is 444 g/mol. The van der Waals surface area contributed by atoms with Crippen molar-refractivity contribution in [2.75, 3.05) is 5.32 Å². The lowest BCUT2D eigenvalue weighted by Gasteiger charge is -2.21. The van der Waals surface area contributed by atoms with Crippen LogP contribution in [0.15, 0.2) is 77.6 Å². The molecule has 0 radical (unpaired) electrons. The van der Waals surface area contributed by atoms with Crippen molar-refractivity contribution in [3.63, 3.8) is 0 Å². The Bertz CT molecular complexity index is 1450. The second-order valence-corrected chi connectivity index (χ2v) is 8.91. The molecule has 0 aliphatic heterocycles. The van der Waals surface area contributed by atoms with Gasteiger partial charge in [0.15, 0.2) is 5.43 Å². The third-order valence-electron chi connectivity index (χ3n) is 5.96. The molecule has 34 heavy (non-hydrogen) atoms. The first kappa shape index (κ1) is 23.5. The van der Waals surface area contributed by atoms with Crippen LogP contribution in [0.1, 0.15) is 39.7 Å². The molecule has 0 bridgehead atoms. The zero-order valence-electron chi connectivity index (χ0n) is 19.8. The fraction of sp³-hybridized carbons (Fsp3) is 0.172. The van der Waals surface area contributed by atoms with Gasteiger partial charge in [0.25, 0.3) is 5.91 Å². The monoisotopic (exact) mass is 470 g/mol. The number of pyridine rings is 1. The van der Waals surface area contributed by atoms with E-state index in [0.717, 1.165) is 40.0 Å². The van der Waals surface area contributed by atoms with Gasteiger partial charge in [0.05, 0.1) is 5.69 Å². The number of benzene rings is 3. The van der Waals surface area contributed by atoms with Crippen LogP contribution >= 0.6 is 11.6 Å². The van der Waals surface area contributed by atoms with Crippen molar-refractivity contribution < 1.29 is 4.79 Å². The van der Waals surface area contributed by atoms with Crippen molar-refractivity contribution in [1.82, 2.24) is 4.57 Å². The Balaban J connectivity index is 2.01. The van der Waals surface area contributed by atoms with Gasteiger partial charge in [-0.15, -0.1) is 0 Å². The molecular formula is C29H27ClN2O2. The van der Waals surface area contributed by atoms with Crippen LogP contribution < -0.4 is 10.7 Å². The average Bonchev–Trinajstić information content (AvgIpc) is 2.79.